The van der Waals surface area contributed by atoms with Crippen molar-refractivity contribution in [1.82, 2.24) is 24.3 Å². The molecule has 10 heteroatoms. The molecule has 10 nitrogen and oxygen atoms in total. The number of piperidine rings is 1. The summed E-state index contributed by atoms with van der Waals surface area (Å²) in [5.74, 6) is 0.396. The number of fused-ring (bicyclic) bond motifs is 1. The lowest BCUT2D eigenvalue weighted by atomic mass is 9.84. The molecule has 1 aliphatic heterocycles. The molecule has 4 heterocycles. The van der Waals surface area contributed by atoms with E-state index in [0.29, 0.717) is 43.1 Å². The van der Waals surface area contributed by atoms with Gasteiger partial charge in [0.1, 0.15) is 24.0 Å². The molecule has 5 aromatic rings. The van der Waals surface area contributed by atoms with Crippen LogP contribution in [0.2, 0.25) is 0 Å². The van der Waals surface area contributed by atoms with Crippen LogP contribution in [0, 0.1) is 11.3 Å². The Morgan fingerprint density at radius 2 is 1.82 bits per heavy atom. The van der Waals surface area contributed by atoms with E-state index in [-0.39, 0.29) is 18.7 Å². The lowest BCUT2D eigenvalue weighted by molar-refractivity contribution is -0.0255. The van der Waals surface area contributed by atoms with Crippen LogP contribution in [0.5, 0.6) is 0 Å². The maximum Gasteiger partial charge on any atom is 0.410 e. The minimum Gasteiger partial charge on any atom is -0.445 e. The quantitative estimate of drug-likeness (QED) is 0.221. The molecule has 1 amide bonds. The summed E-state index contributed by atoms with van der Waals surface area (Å²) in [6, 6.07) is 23.5. The molecule has 2 N–H and O–H groups in total. The highest BCUT2D eigenvalue weighted by molar-refractivity contribution is 5.69. The molecule has 0 spiro atoms. The first kappa shape index (κ1) is 29.8. The number of nitrogens with one attached hydrogen (secondary N) is 1. The number of imidazole rings is 1. The first-order chi connectivity index (χ1) is 21.9. The Hall–Kier alpha value is -5.27. The van der Waals surface area contributed by atoms with E-state index < -0.39 is 5.60 Å². The number of nitrogens with zero attached hydrogens (tertiary/aromatic N) is 6. The number of hydrogen-bond donors (Lipinski definition) is 2. The minimum atomic E-state index is -1.03. The molecule has 0 unspecified atom stereocenters. The Kier molecular flexibility index (Phi) is 8.45. The van der Waals surface area contributed by atoms with Gasteiger partial charge in [0.05, 0.1) is 35.3 Å². The Morgan fingerprint density at radius 1 is 1.07 bits per heavy atom. The van der Waals surface area contributed by atoms with E-state index in [1.54, 1.807) is 11.1 Å². The third-order valence-corrected chi connectivity index (χ3v) is 8.50. The number of aryl methyl sites for hydroxylation is 1. The predicted octanol–water partition coefficient (Wildman–Crippen LogP) is 6.02. The highest BCUT2D eigenvalue weighted by Gasteiger charge is 2.36. The van der Waals surface area contributed by atoms with Gasteiger partial charge in [0.15, 0.2) is 0 Å². The number of amides is 1. The Morgan fingerprint density at radius 3 is 2.53 bits per heavy atom. The van der Waals surface area contributed by atoms with Gasteiger partial charge in [0.2, 0.25) is 5.95 Å². The molecule has 0 radical (unpaired) electrons. The Balaban J connectivity index is 1.11. The first-order valence-electron chi connectivity index (χ1n) is 15.2. The summed E-state index contributed by atoms with van der Waals surface area (Å²) in [4.78, 5) is 27.9. The van der Waals surface area contributed by atoms with Gasteiger partial charge in [-0.2, -0.15) is 5.26 Å². The van der Waals surface area contributed by atoms with Crippen molar-refractivity contribution >= 4 is 17.7 Å². The summed E-state index contributed by atoms with van der Waals surface area (Å²) in [6.07, 6.45) is 6.52. The highest BCUT2D eigenvalue weighted by Crippen LogP contribution is 2.34. The number of hydrogen-bond acceptors (Lipinski definition) is 8. The van der Waals surface area contributed by atoms with Crippen LogP contribution in [-0.2, 0) is 23.4 Å². The van der Waals surface area contributed by atoms with Gasteiger partial charge in [-0.25, -0.2) is 19.7 Å². The van der Waals surface area contributed by atoms with Gasteiger partial charge in [-0.15, -0.1) is 0 Å². The highest BCUT2D eigenvalue weighted by atomic mass is 16.6. The maximum absolute atomic E-state index is 12.6. The molecule has 1 aliphatic rings. The summed E-state index contributed by atoms with van der Waals surface area (Å²) >= 11 is 0. The standard InChI is InChI=1S/C35H35N7O3/c1-3-26-10-7-17-42-30(22-37-32(26)42)31-28(20-36)21-38-33(40-31)39-24(2)27-11-13-29(14-12-27)35(44)15-18-41(19-16-35)34(43)45-23-25-8-5-4-6-9-25/h4-14,17,21-22,24,44H,3,15-16,18-19,23H2,1-2H3,(H,38,39,40)/t24-/m0/s1. The molecule has 1 fully saturated rings. The normalized spacial score (nSPS) is 14.9. The number of carbonyl (C=O) groups excluding carboxylic acids is 1. The van der Waals surface area contributed by atoms with Crippen molar-refractivity contribution in [1.29, 1.82) is 5.26 Å². The van der Waals surface area contributed by atoms with Crippen molar-refractivity contribution in [3.63, 3.8) is 0 Å². The topological polar surface area (TPSA) is 129 Å². The summed E-state index contributed by atoms with van der Waals surface area (Å²) in [5, 5.41) is 24.6. The van der Waals surface area contributed by atoms with Gasteiger partial charge in [-0.1, -0.05) is 67.6 Å². The van der Waals surface area contributed by atoms with Gasteiger partial charge in [0.25, 0.3) is 0 Å². The third kappa shape index (κ3) is 6.21. The van der Waals surface area contributed by atoms with Crippen LogP contribution in [0.3, 0.4) is 0 Å². The molecular weight excluding hydrogens is 566 g/mol. The van der Waals surface area contributed by atoms with Crippen molar-refractivity contribution in [2.45, 2.75) is 51.4 Å². The predicted molar refractivity (Wildman–Crippen MR) is 170 cm³/mol. The fourth-order valence-corrected chi connectivity index (χ4v) is 5.77. The van der Waals surface area contributed by atoms with E-state index >= 15 is 0 Å². The number of benzene rings is 2. The number of rotatable bonds is 8. The number of anilines is 1. The minimum absolute atomic E-state index is 0.149. The molecule has 45 heavy (non-hydrogen) atoms. The maximum atomic E-state index is 12.6. The fourth-order valence-electron chi connectivity index (χ4n) is 5.77. The molecule has 6 rings (SSSR count). The molecule has 0 saturated carbocycles. The van der Waals surface area contributed by atoms with Crippen molar-refractivity contribution in [2.24, 2.45) is 0 Å². The fraction of sp³-hybridized carbons (Fsp3) is 0.286. The SMILES string of the molecule is CCc1cccn2c(-c3nc(N[C@@H](C)c4ccc(C5(O)CCN(C(=O)OCc6ccccc6)CC5)cc4)ncc3C#N)cnc12. The van der Waals surface area contributed by atoms with E-state index in [2.05, 4.69) is 28.3 Å². The second kappa shape index (κ2) is 12.8. The number of ether oxygens (including phenoxy) is 1. The average Bonchev–Trinajstić information content (AvgIpc) is 3.52. The number of aliphatic hydroxyl groups is 1. The summed E-state index contributed by atoms with van der Waals surface area (Å²) in [5.41, 5.74) is 5.27. The van der Waals surface area contributed by atoms with E-state index in [1.165, 1.54) is 6.20 Å². The van der Waals surface area contributed by atoms with Gasteiger partial charge in [-0.05, 0) is 54.5 Å². The number of carbonyl (C=O) groups is 1. The number of likely N-dealkylation sites (tertiary alicyclic amines) is 1. The van der Waals surface area contributed by atoms with Crippen LogP contribution in [0.4, 0.5) is 10.7 Å². The molecule has 3 aromatic heterocycles. The monoisotopic (exact) mass is 601 g/mol. The zero-order chi connectivity index (χ0) is 31.4. The van der Waals surface area contributed by atoms with Gasteiger partial charge in [0, 0.05) is 19.3 Å². The van der Waals surface area contributed by atoms with Gasteiger partial charge < -0.3 is 20.1 Å². The molecular formula is C35H35N7O3. The van der Waals surface area contributed by atoms with E-state index in [1.807, 2.05) is 84.3 Å². The van der Waals surface area contributed by atoms with Crippen LogP contribution in [0.15, 0.2) is 85.3 Å². The van der Waals surface area contributed by atoms with Crippen LogP contribution >= 0.6 is 0 Å². The Bertz CT molecular complexity index is 1840. The zero-order valence-corrected chi connectivity index (χ0v) is 25.3. The summed E-state index contributed by atoms with van der Waals surface area (Å²) in [7, 11) is 0. The van der Waals surface area contributed by atoms with Crippen molar-refractivity contribution in [3.8, 4) is 17.5 Å². The second-order valence-corrected chi connectivity index (χ2v) is 11.3. The zero-order valence-electron chi connectivity index (χ0n) is 25.3. The molecule has 2 aromatic carbocycles. The molecule has 228 valence electrons. The number of aromatic nitrogens is 4. The van der Waals surface area contributed by atoms with E-state index in [4.69, 9.17) is 9.72 Å². The largest absolute Gasteiger partial charge is 0.445 e. The molecule has 0 bridgehead atoms. The average molecular weight is 602 g/mol. The molecule has 1 atom stereocenters. The lowest BCUT2D eigenvalue weighted by Crippen LogP contribution is -2.45. The van der Waals surface area contributed by atoms with E-state index in [0.717, 1.165) is 40.0 Å². The first-order valence-corrected chi connectivity index (χ1v) is 15.2. The van der Waals surface area contributed by atoms with Crippen LogP contribution in [0.1, 0.15) is 60.5 Å². The van der Waals surface area contributed by atoms with Gasteiger partial charge >= 0.3 is 6.09 Å². The lowest BCUT2D eigenvalue weighted by Gasteiger charge is -2.38. The van der Waals surface area contributed by atoms with Crippen LogP contribution in [-0.4, -0.2) is 48.5 Å². The Labute approximate surface area is 262 Å². The summed E-state index contributed by atoms with van der Waals surface area (Å²) in [6.45, 7) is 5.14. The molecule has 1 saturated heterocycles. The third-order valence-electron chi connectivity index (χ3n) is 8.50. The van der Waals surface area contributed by atoms with Gasteiger partial charge in [-0.3, -0.25) is 4.40 Å². The van der Waals surface area contributed by atoms with Crippen molar-refractivity contribution in [3.05, 3.63) is 113 Å². The van der Waals surface area contributed by atoms with Crippen molar-refractivity contribution in [2.75, 3.05) is 18.4 Å². The molecule has 0 aliphatic carbocycles. The van der Waals surface area contributed by atoms with Crippen LogP contribution in [0.25, 0.3) is 17.0 Å². The summed E-state index contributed by atoms with van der Waals surface area (Å²) < 4.78 is 7.42. The number of pyridine rings is 1. The van der Waals surface area contributed by atoms with Crippen LogP contribution < -0.4 is 5.32 Å². The smallest absolute Gasteiger partial charge is 0.410 e. The second-order valence-electron chi connectivity index (χ2n) is 11.3. The van der Waals surface area contributed by atoms with Crippen molar-refractivity contribution < 1.29 is 14.6 Å². The van der Waals surface area contributed by atoms with E-state index in [9.17, 15) is 15.2 Å². The number of nitriles is 1.